The molecule has 0 radical (unpaired) electrons. The van der Waals surface area contributed by atoms with Crippen LogP contribution in [0.25, 0.3) is 0 Å². The lowest BCUT2D eigenvalue weighted by molar-refractivity contribution is -0.162. The third-order valence-electron chi connectivity index (χ3n) is 8.89. The maximum atomic E-state index is 11.9. The maximum Gasteiger partial charge on any atom is 0.509 e. The second-order valence-electron chi connectivity index (χ2n) is 9.75. The molecule has 0 amide bonds. The number of rotatable bonds is 0. The van der Waals surface area contributed by atoms with Crippen molar-refractivity contribution in [3.63, 3.8) is 0 Å². The zero-order valence-electron chi connectivity index (χ0n) is 15.6. The first-order valence-corrected chi connectivity index (χ1v) is 10.1. The van der Waals surface area contributed by atoms with Gasteiger partial charge in [0.25, 0.3) is 0 Å². The van der Waals surface area contributed by atoms with Crippen molar-refractivity contribution in [1.82, 2.24) is 0 Å². The van der Waals surface area contributed by atoms with Crippen molar-refractivity contribution in [1.29, 1.82) is 0 Å². The highest BCUT2D eigenvalue weighted by molar-refractivity contribution is 5.91. The summed E-state index contributed by atoms with van der Waals surface area (Å²) in [7, 11) is 0. The van der Waals surface area contributed by atoms with Gasteiger partial charge < -0.3 is 14.6 Å². The predicted octanol–water partition coefficient (Wildman–Crippen LogP) is 3.39. The molecule has 1 spiro atoms. The fourth-order valence-corrected chi connectivity index (χ4v) is 7.56. The summed E-state index contributed by atoms with van der Waals surface area (Å²) in [5.74, 6) is 1.28. The van der Waals surface area contributed by atoms with E-state index in [4.69, 9.17) is 9.47 Å². The van der Waals surface area contributed by atoms with Crippen molar-refractivity contribution in [3.8, 4) is 0 Å². The van der Waals surface area contributed by atoms with Gasteiger partial charge in [-0.05, 0) is 67.8 Å². The van der Waals surface area contributed by atoms with Gasteiger partial charge in [-0.3, -0.25) is 4.79 Å². The van der Waals surface area contributed by atoms with Gasteiger partial charge in [0.05, 0.1) is 6.10 Å². The largest absolute Gasteiger partial charge is 0.509 e. The fourth-order valence-electron chi connectivity index (χ4n) is 7.56. The normalized spacial score (nSPS) is 52.7. The van der Waals surface area contributed by atoms with Crippen molar-refractivity contribution in [2.45, 2.75) is 70.5 Å². The second kappa shape index (κ2) is 5.12. The van der Waals surface area contributed by atoms with Crippen molar-refractivity contribution in [2.75, 3.05) is 6.61 Å². The molecule has 5 unspecified atom stereocenters. The Morgan fingerprint density at radius 1 is 1.15 bits per heavy atom. The zero-order valence-corrected chi connectivity index (χ0v) is 15.6. The van der Waals surface area contributed by atoms with Crippen LogP contribution in [0.5, 0.6) is 0 Å². The van der Waals surface area contributed by atoms with E-state index in [1.54, 1.807) is 0 Å². The van der Waals surface area contributed by atoms with Crippen molar-refractivity contribution in [2.24, 2.45) is 28.6 Å². The number of carbonyl (C=O) groups excluding carboxylic acids is 2. The first kappa shape index (κ1) is 16.8. The van der Waals surface area contributed by atoms with Crippen LogP contribution in [0.15, 0.2) is 11.6 Å². The summed E-state index contributed by atoms with van der Waals surface area (Å²) in [5, 5.41) is 11.3. The molecule has 4 fully saturated rings. The van der Waals surface area contributed by atoms with E-state index in [2.05, 4.69) is 13.8 Å². The lowest BCUT2D eigenvalue weighted by Gasteiger charge is -2.60. The first-order chi connectivity index (χ1) is 12.3. The standard InChI is InChI=1S/C21H28O5/c1-19-7-5-13(22)9-12(19)3-4-14-15-6-8-21(11-25-18(24)26-21)20(15,2)10-16(23)17(14)19/h9,14-17,23H,3-8,10-11H2,1-2H3/t14?,15?,16-,17?,19?,20?,21-/m1/s1. The molecule has 0 aromatic carbocycles. The number of hydrogen-bond acceptors (Lipinski definition) is 5. The Labute approximate surface area is 154 Å². The number of aliphatic hydroxyl groups is 1. The average molecular weight is 360 g/mol. The topological polar surface area (TPSA) is 72.8 Å². The van der Waals surface area contributed by atoms with Gasteiger partial charge in [0, 0.05) is 11.8 Å². The summed E-state index contributed by atoms with van der Waals surface area (Å²) in [4.78, 5) is 23.6. The van der Waals surface area contributed by atoms with E-state index < -0.39 is 17.9 Å². The predicted molar refractivity (Wildman–Crippen MR) is 93.3 cm³/mol. The van der Waals surface area contributed by atoms with Gasteiger partial charge in [-0.1, -0.05) is 19.4 Å². The van der Waals surface area contributed by atoms with Crippen LogP contribution in [0.1, 0.15) is 58.8 Å². The van der Waals surface area contributed by atoms with Crippen molar-refractivity contribution in [3.05, 3.63) is 11.6 Å². The molecule has 0 aromatic heterocycles. The Morgan fingerprint density at radius 2 is 1.96 bits per heavy atom. The van der Waals surface area contributed by atoms with Crippen LogP contribution in [-0.4, -0.2) is 35.4 Å². The molecule has 142 valence electrons. The Hall–Kier alpha value is -1.36. The molecule has 1 saturated heterocycles. The second-order valence-corrected chi connectivity index (χ2v) is 9.75. The minimum atomic E-state index is -0.569. The lowest BCUT2D eigenvalue weighted by atomic mass is 9.45. The van der Waals surface area contributed by atoms with Gasteiger partial charge in [0.2, 0.25) is 0 Å². The SMILES string of the molecule is CC12CCC(=O)C=C1CCC1C2[C@H](O)CC2(C)C1CC[C@@]21COC(=O)O1. The van der Waals surface area contributed by atoms with E-state index in [1.165, 1.54) is 5.57 Å². The molecule has 0 aromatic rings. The van der Waals surface area contributed by atoms with E-state index in [-0.39, 0.29) is 22.5 Å². The number of ether oxygens (including phenoxy) is 2. The van der Waals surface area contributed by atoms with E-state index in [0.29, 0.717) is 31.3 Å². The summed E-state index contributed by atoms with van der Waals surface area (Å²) in [5.41, 5.74) is 0.374. The third-order valence-corrected chi connectivity index (χ3v) is 8.89. The first-order valence-electron chi connectivity index (χ1n) is 10.1. The maximum absolute atomic E-state index is 11.9. The molecule has 7 atom stereocenters. The zero-order chi connectivity index (χ0) is 18.3. The molecular formula is C21H28O5. The lowest BCUT2D eigenvalue weighted by Crippen LogP contribution is -2.60. The molecule has 4 aliphatic carbocycles. The Bertz CT molecular complexity index is 713. The molecule has 5 heteroatoms. The molecule has 1 N–H and O–H groups in total. The summed E-state index contributed by atoms with van der Waals surface area (Å²) >= 11 is 0. The Kier molecular flexibility index (Phi) is 3.31. The van der Waals surface area contributed by atoms with E-state index >= 15 is 0 Å². The van der Waals surface area contributed by atoms with Gasteiger partial charge in [-0.15, -0.1) is 0 Å². The molecule has 26 heavy (non-hydrogen) atoms. The van der Waals surface area contributed by atoms with Gasteiger partial charge in [-0.25, -0.2) is 4.79 Å². The number of hydrogen-bond donors (Lipinski definition) is 1. The van der Waals surface area contributed by atoms with Crippen LogP contribution in [0.2, 0.25) is 0 Å². The fraction of sp³-hybridized carbons (Fsp3) is 0.810. The molecule has 1 aliphatic heterocycles. The summed E-state index contributed by atoms with van der Waals surface area (Å²) in [6.45, 7) is 4.78. The van der Waals surface area contributed by atoms with Crippen LogP contribution in [0, 0.1) is 28.6 Å². The number of allylic oxidation sites excluding steroid dienone is 1. The molecule has 1 heterocycles. The number of carbonyl (C=O) groups is 2. The summed E-state index contributed by atoms with van der Waals surface area (Å²) in [6.07, 6.45) is 6.77. The molecule has 5 nitrogen and oxygen atoms in total. The minimum Gasteiger partial charge on any atom is -0.430 e. The van der Waals surface area contributed by atoms with E-state index in [0.717, 1.165) is 32.1 Å². The highest BCUT2D eigenvalue weighted by Crippen LogP contribution is 2.68. The number of aliphatic hydroxyl groups excluding tert-OH is 1. The van der Waals surface area contributed by atoms with Crippen LogP contribution in [0.4, 0.5) is 4.79 Å². The van der Waals surface area contributed by atoms with Gasteiger partial charge in [0.1, 0.15) is 6.61 Å². The molecule has 0 bridgehead atoms. The minimum absolute atomic E-state index is 0.0732. The molecule has 5 aliphatic rings. The quantitative estimate of drug-likeness (QED) is 0.670. The highest BCUT2D eigenvalue weighted by atomic mass is 16.8. The summed E-state index contributed by atoms with van der Waals surface area (Å²) in [6, 6.07) is 0. The van der Waals surface area contributed by atoms with Crippen molar-refractivity contribution < 1.29 is 24.2 Å². The third kappa shape index (κ3) is 1.90. The van der Waals surface area contributed by atoms with Crippen LogP contribution >= 0.6 is 0 Å². The van der Waals surface area contributed by atoms with Gasteiger partial charge in [-0.2, -0.15) is 0 Å². The highest BCUT2D eigenvalue weighted by Gasteiger charge is 2.70. The van der Waals surface area contributed by atoms with Gasteiger partial charge >= 0.3 is 6.16 Å². The van der Waals surface area contributed by atoms with Crippen LogP contribution in [-0.2, 0) is 14.3 Å². The Morgan fingerprint density at radius 3 is 2.69 bits per heavy atom. The number of cyclic esters (lactones) is 1. The number of ketones is 1. The molecular weight excluding hydrogens is 332 g/mol. The average Bonchev–Trinajstić information content (AvgIpc) is 3.09. The van der Waals surface area contributed by atoms with Crippen LogP contribution in [0.3, 0.4) is 0 Å². The van der Waals surface area contributed by atoms with Gasteiger partial charge in [0.15, 0.2) is 11.4 Å². The summed E-state index contributed by atoms with van der Waals surface area (Å²) < 4.78 is 10.9. The number of fused-ring (bicyclic) bond motifs is 6. The van der Waals surface area contributed by atoms with Crippen LogP contribution < -0.4 is 0 Å². The van der Waals surface area contributed by atoms with E-state index in [9.17, 15) is 14.7 Å². The molecule has 5 rings (SSSR count). The smallest absolute Gasteiger partial charge is 0.430 e. The molecule has 3 saturated carbocycles. The Balaban J connectivity index is 1.53. The van der Waals surface area contributed by atoms with Crippen molar-refractivity contribution >= 4 is 11.9 Å². The van der Waals surface area contributed by atoms with E-state index in [1.807, 2.05) is 6.08 Å². The monoisotopic (exact) mass is 360 g/mol.